The van der Waals surface area contributed by atoms with Crippen LogP contribution in [0.2, 0.25) is 6.04 Å². The normalized spacial score (nSPS) is 28.4. The Morgan fingerprint density at radius 1 is 1.15 bits per heavy atom. The lowest BCUT2D eigenvalue weighted by Crippen LogP contribution is -2.44. The molecule has 0 N–H and O–H groups in total. The Hall–Kier alpha value is -0.783. The van der Waals surface area contributed by atoms with Crippen molar-refractivity contribution in [1.82, 2.24) is 0 Å². The fourth-order valence-corrected chi connectivity index (χ4v) is 5.41. The number of allylic oxidation sites excluding steroid dienone is 2. The van der Waals surface area contributed by atoms with Gasteiger partial charge >= 0.3 is 8.80 Å². The van der Waals surface area contributed by atoms with E-state index in [0.29, 0.717) is 29.6 Å². The maximum Gasteiger partial charge on any atom is 0.631 e. The van der Waals surface area contributed by atoms with Crippen molar-refractivity contribution < 1.29 is 18.0 Å². The fourth-order valence-electron chi connectivity index (χ4n) is 2.97. The minimum Gasteiger partial charge on any atom is -0.497 e. The van der Waals surface area contributed by atoms with Crippen LogP contribution in [0, 0.1) is 5.92 Å². The standard InChI is InChI=1S/C15H26O4Si/c1-11(2)18-20(16-5,19-12(3)4)9-8-13-6-7-14-15(10-13)17-14/h13-15H,1,3,6-10H2,2,4-5H3. The highest BCUT2D eigenvalue weighted by atomic mass is 28.4. The average molecular weight is 298 g/mol. The highest BCUT2D eigenvalue weighted by Crippen LogP contribution is 2.41. The number of hydrogen-bond acceptors (Lipinski definition) is 4. The van der Waals surface area contributed by atoms with Gasteiger partial charge in [0.15, 0.2) is 0 Å². The Morgan fingerprint density at radius 3 is 2.30 bits per heavy atom. The van der Waals surface area contributed by atoms with Crippen LogP contribution in [0.25, 0.3) is 0 Å². The zero-order chi connectivity index (χ0) is 14.8. The molecule has 3 unspecified atom stereocenters. The predicted octanol–water partition coefficient (Wildman–Crippen LogP) is 3.63. The van der Waals surface area contributed by atoms with E-state index in [1.807, 2.05) is 13.8 Å². The molecule has 0 aromatic carbocycles. The second kappa shape index (κ2) is 6.33. The predicted molar refractivity (Wildman–Crippen MR) is 80.0 cm³/mol. The van der Waals surface area contributed by atoms with Gasteiger partial charge < -0.3 is 18.0 Å². The van der Waals surface area contributed by atoms with Crippen LogP contribution in [0.4, 0.5) is 0 Å². The molecule has 0 bridgehead atoms. The van der Waals surface area contributed by atoms with E-state index in [1.165, 1.54) is 19.3 Å². The van der Waals surface area contributed by atoms with Gasteiger partial charge in [-0.15, -0.1) is 0 Å². The summed E-state index contributed by atoms with van der Waals surface area (Å²) < 4.78 is 22.9. The monoisotopic (exact) mass is 298 g/mol. The lowest BCUT2D eigenvalue weighted by atomic mass is 9.88. The van der Waals surface area contributed by atoms with Crippen molar-refractivity contribution in [1.29, 1.82) is 0 Å². The molecule has 1 saturated carbocycles. The van der Waals surface area contributed by atoms with Gasteiger partial charge in [-0.05, 0) is 45.4 Å². The third kappa shape index (κ3) is 4.10. The van der Waals surface area contributed by atoms with Crippen molar-refractivity contribution in [3.8, 4) is 0 Å². The largest absolute Gasteiger partial charge is 0.631 e. The minimum absolute atomic E-state index is 0.511. The van der Waals surface area contributed by atoms with Crippen molar-refractivity contribution in [3.63, 3.8) is 0 Å². The molecule has 2 aliphatic rings. The summed E-state index contributed by atoms with van der Waals surface area (Å²) >= 11 is 0. The molecule has 114 valence electrons. The van der Waals surface area contributed by atoms with Crippen LogP contribution in [0.1, 0.15) is 39.5 Å². The summed E-state index contributed by atoms with van der Waals surface area (Å²) in [5.74, 6) is 1.95. The summed E-state index contributed by atoms with van der Waals surface area (Å²) in [6, 6.07) is 0.797. The van der Waals surface area contributed by atoms with Crippen molar-refractivity contribution in [2.45, 2.75) is 57.8 Å². The van der Waals surface area contributed by atoms with Gasteiger partial charge in [-0.2, -0.15) is 0 Å². The zero-order valence-electron chi connectivity index (χ0n) is 12.8. The molecule has 1 saturated heterocycles. The summed E-state index contributed by atoms with van der Waals surface area (Å²) in [6.45, 7) is 11.3. The van der Waals surface area contributed by atoms with E-state index >= 15 is 0 Å². The molecule has 5 heteroatoms. The van der Waals surface area contributed by atoms with E-state index in [1.54, 1.807) is 7.11 Å². The van der Waals surface area contributed by atoms with Crippen molar-refractivity contribution in [3.05, 3.63) is 24.7 Å². The van der Waals surface area contributed by atoms with Crippen LogP contribution >= 0.6 is 0 Å². The van der Waals surface area contributed by atoms with Gasteiger partial charge in [0.05, 0.1) is 23.7 Å². The van der Waals surface area contributed by atoms with Crippen LogP contribution in [0.5, 0.6) is 0 Å². The van der Waals surface area contributed by atoms with Gasteiger partial charge in [-0.25, -0.2) is 0 Å². The van der Waals surface area contributed by atoms with Crippen LogP contribution in [-0.4, -0.2) is 28.1 Å². The Balaban J connectivity index is 1.91. The molecule has 0 aromatic heterocycles. The Morgan fingerprint density at radius 2 is 1.80 bits per heavy atom. The molecule has 2 rings (SSSR count). The molecule has 1 aliphatic heterocycles. The number of fused-ring (bicyclic) bond motifs is 1. The van der Waals surface area contributed by atoms with Crippen LogP contribution in [0.15, 0.2) is 24.7 Å². The zero-order valence-corrected chi connectivity index (χ0v) is 13.8. The fraction of sp³-hybridized carbons (Fsp3) is 0.733. The van der Waals surface area contributed by atoms with Gasteiger partial charge in [-0.1, -0.05) is 13.2 Å². The maximum atomic E-state index is 5.83. The van der Waals surface area contributed by atoms with Gasteiger partial charge in [0.2, 0.25) is 0 Å². The highest BCUT2D eigenvalue weighted by Gasteiger charge is 2.48. The van der Waals surface area contributed by atoms with Gasteiger partial charge in [0.1, 0.15) is 0 Å². The molecule has 0 radical (unpaired) electrons. The second-order valence-corrected chi connectivity index (χ2v) is 8.61. The first-order valence-corrected chi connectivity index (χ1v) is 9.27. The van der Waals surface area contributed by atoms with Crippen LogP contribution in [0.3, 0.4) is 0 Å². The van der Waals surface area contributed by atoms with E-state index in [4.69, 9.17) is 18.0 Å². The Kier molecular flexibility index (Phi) is 4.94. The second-order valence-electron chi connectivity index (χ2n) is 5.93. The summed E-state index contributed by atoms with van der Waals surface area (Å²) in [5.41, 5.74) is 0. The molecular weight excluding hydrogens is 272 g/mol. The molecule has 0 aromatic rings. The molecule has 20 heavy (non-hydrogen) atoms. The molecule has 1 heterocycles. The lowest BCUT2D eigenvalue weighted by Gasteiger charge is -2.30. The number of epoxide rings is 1. The first kappa shape index (κ1) is 15.6. The van der Waals surface area contributed by atoms with Crippen LogP contribution < -0.4 is 0 Å². The number of ether oxygens (including phenoxy) is 1. The van der Waals surface area contributed by atoms with E-state index in [0.717, 1.165) is 12.5 Å². The number of hydrogen-bond donors (Lipinski definition) is 0. The first-order valence-electron chi connectivity index (χ1n) is 7.34. The Bertz CT molecular complexity index is 366. The van der Waals surface area contributed by atoms with E-state index in [2.05, 4.69) is 13.2 Å². The first-order chi connectivity index (χ1) is 9.44. The summed E-state index contributed by atoms with van der Waals surface area (Å²) in [5, 5.41) is 0. The molecule has 2 fully saturated rings. The minimum atomic E-state index is -2.73. The molecule has 0 amide bonds. The van der Waals surface area contributed by atoms with E-state index in [9.17, 15) is 0 Å². The summed E-state index contributed by atoms with van der Waals surface area (Å²) in [4.78, 5) is 0. The summed E-state index contributed by atoms with van der Waals surface area (Å²) in [6.07, 6.45) is 5.70. The van der Waals surface area contributed by atoms with Gasteiger partial charge in [-0.3, -0.25) is 0 Å². The number of rotatable bonds is 8. The van der Waals surface area contributed by atoms with E-state index in [-0.39, 0.29) is 0 Å². The maximum absolute atomic E-state index is 5.83. The van der Waals surface area contributed by atoms with Crippen LogP contribution in [-0.2, 0) is 18.0 Å². The third-order valence-corrected chi connectivity index (χ3v) is 6.78. The quantitative estimate of drug-likeness (QED) is 0.390. The molecular formula is C15H26O4Si. The topological polar surface area (TPSA) is 40.2 Å². The van der Waals surface area contributed by atoms with Gasteiger partial charge in [0.25, 0.3) is 0 Å². The van der Waals surface area contributed by atoms with Crippen molar-refractivity contribution >= 4 is 8.80 Å². The smallest absolute Gasteiger partial charge is 0.497 e. The molecule has 1 aliphatic carbocycles. The molecule has 0 spiro atoms. The average Bonchev–Trinajstić information content (AvgIpc) is 3.13. The van der Waals surface area contributed by atoms with Crippen molar-refractivity contribution in [2.75, 3.05) is 7.11 Å². The molecule has 4 nitrogen and oxygen atoms in total. The van der Waals surface area contributed by atoms with Crippen molar-refractivity contribution in [2.24, 2.45) is 5.92 Å². The lowest BCUT2D eigenvalue weighted by molar-refractivity contribution is 0.133. The molecule has 3 atom stereocenters. The SMILES string of the molecule is C=C(C)O[Si](CCC1CCC2OC2C1)(OC)OC(=C)C. The summed E-state index contributed by atoms with van der Waals surface area (Å²) in [7, 11) is -1.08. The highest BCUT2D eigenvalue weighted by molar-refractivity contribution is 6.61. The van der Waals surface area contributed by atoms with Gasteiger partial charge in [0, 0.05) is 13.2 Å². The Labute approximate surface area is 123 Å². The van der Waals surface area contributed by atoms with E-state index < -0.39 is 8.80 Å². The third-order valence-electron chi connectivity index (χ3n) is 3.94.